The van der Waals surface area contributed by atoms with Crippen molar-refractivity contribution in [2.75, 3.05) is 0 Å². The number of halogens is 2. The molecule has 1 aromatic heterocycles. The SMILES string of the molecule is Cc1cc(C)c2nc(-c3ccc(Cl)cc3Cl)cc(C(=O)Oc3cccc(C)c3C)c2c1. The van der Waals surface area contributed by atoms with Crippen LogP contribution in [0.3, 0.4) is 0 Å². The van der Waals surface area contributed by atoms with Gasteiger partial charge >= 0.3 is 5.97 Å². The van der Waals surface area contributed by atoms with Crippen LogP contribution in [0.5, 0.6) is 5.75 Å². The van der Waals surface area contributed by atoms with Crippen molar-refractivity contribution >= 4 is 40.1 Å². The Morgan fingerprint density at radius 2 is 1.68 bits per heavy atom. The molecule has 156 valence electrons. The molecule has 0 aliphatic rings. The second-order valence-electron chi connectivity index (χ2n) is 7.74. The fraction of sp³-hybridized carbons (Fsp3) is 0.154. The van der Waals surface area contributed by atoms with Crippen LogP contribution in [0.1, 0.15) is 32.6 Å². The Bertz CT molecular complexity index is 1350. The highest BCUT2D eigenvalue weighted by Gasteiger charge is 2.19. The molecule has 0 atom stereocenters. The summed E-state index contributed by atoms with van der Waals surface area (Å²) < 4.78 is 5.82. The monoisotopic (exact) mass is 449 g/mol. The van der Waals surface area contributed by atoms with Crippen LogP contribution in [-0.4, -0.2) is 11.0 Å². The third kappa shape index (κ3) is 4.16. The first kappa shape index (κ1) is 21.4. The number of nitrogens with zero attached hydrogens (tertiary/aromatic N) is 1. The van der Waals surface area contributed by atoms with Crippen LogP contribution in [0, 0.1) is 27.7 Å². The predicted molar refractivity (Wildman–Crippen MR) is 128 cm³/mol. The average Bonchev–Trinajstić information content (AvgIpc) is 2.71. The van der Waals surface area contributed by atoms with Crippen LogP contribution in [0.4, 0.5) is 0 Å². The standard InChI is InChI=1S/C26H21Cl2NO2/c1-14-10-16(3)25-20(11-14)21(26(30)31-24-7-5-6-15(2)17(24)4)13-23(29-25)19-9-8-18(27)12-22(19)28/h5-13H,1-4H3. The van der Waals surface area contributed by atoms with Gasteiger partial charge in [-0.15, -0.1) is 0 Å². The number of esters is 1. The molecule has 0 saturated carbocycles. The fourth-order valence-electron chi connectivity index (χ4n) is 3.67. The molecule has 0 amide bonds. The maximum absolute atomic E-state index is 13.3. The van der Waals surface area contributed by atoms with Crippen molar-refractivity contribution in [3.05, 3.63) is 92.5 Å². The van der Waals surface area contributed by atoms with Crippen LogP contribution < -0.4 is 4.74 Å². The van der Waals surface area contributed by atoms with E-state index < -0.39 is 5.97 Å². The van der Waals surface area contributed by atoms with Gasteiger partial charge < -0.3 is 4.74 Å². The van der Waals surface area contributed by atoms with Crippen molar-refractivity contribution < 1.29 is 9.53 Å². The zero-order valence-electron chi connectivity index (χ0n) is 17.7. The second-order valence-corrected chi connectivity index (χ2v) is 8.59. The number of carbonyl (C=O) groups excluding carboxylic acids is 1. The van der Waals surface area contributed by atoms with Gasteiger partial charge in [-0.2, -0.15) is 0 Å². The highest BCUT2D eigenvalue weighted by atomic mass is 35.5. The minimum atomic E-state index is -0.433. The minimum Gasteiger partial charge on any atom is -0.423 e. The Kier molecular flexibility index (Phi) is 5.74. The molecule has 0 radical (unpaired) electrons. The van der Waals surface area contributed by atoms with Gasteiger partial charge in [0.05, 0.1) is 21.8 Å². The Balaban J connectivity index is 1.92. The number of benzene rings is 3. The van der Waals surface area contributed by atoms with E-state index in [1.807, 2.05) is 58.0 Å². The van der Waals surface area contributed by atoms with Crippen molar-refractivity contribution in [1.82, 2.24) is 4.98 Å². The molecule has 0 bridgehead atoms. The lowest BCUT2D eigenvalue weighted by molar-refractivity contribution is 0.0735. The molecular formula is C26H21Cl2NO2. The van der Waals surface area contributed by atoms with E-state index in [1.54, 1.807) is 24.3 Å². The quantitative estimate of drug-likeness (QED) is 0.238. The van der Waals surface area contributed by atoms with Gasteiger partial charge in [-0.3, -0.25) is 0 Å². The number of ether oxygens (including phenoxy) is 1. The van der Waals surface area contributed by atoms with Gasteiger partial charge in [0.25, 0.3) is 0 Å². The van der Waals surface area contributed by atoms with Crippen molar-refractivity contribution in [2.45, 2.75) is 27.7 Å². The summed E-state index contributed by atoms with van der Waals surface area (Å²) in [5, 5.41) is 1.76. The van der Waals surface area contributed by atoms with Crippen LogP contribution in [0.25, 0.3) is 22.2 Å². The van der Waals surface area contributed by atoms with Crippen LogP contribution in [0.15, 0.2) is 54.6 Å². The zero-order chi connectivity index (χ0) is 22.3. The third-order valence-corrected chi connectivity index (χ3v) is 5.98. The molecule has 31 heavy (non-hydrogen) atoms. The van der Waals surface area contributed by atoms with Crippen molar-refractivity contribution in [3.63, 3.8) is 0 Å². The average molecular weight is 450 g/mol. The van der Waals surface area contributed by atoms with Crippen molar-refractivity contribution in [3.8, 4) is 17.0 Å². The summed E-state index contributed by atoms with van der Waals surface area (Å²) in [6.45, 7) is 7.91. The molecule has 0 spiro atoms. The van der Waals surface area contributed by atoms with Gasteiger partial charge in [-0.25, -0.2) is 9.78 Å². The van der Waals surface area contributed by atoms with E-state index in [4.69, 9.17) is 32.9 Å². The maximum Gasteiger partial charge on any atom is 0.344 e. The van der Waals surface area contributed by atoms with E-state index in [9.17, 15) is 4.79 Å². The molecule has 4 aromatic rings. The summed E-state index contributed by atoms with van der Waals surface area (Å²) in [7, 11) is 0. The Hall–Kier alpha value is -2.88. The molecule has 1 heterocycles. The first-order valence-electron chi connectivity index (χ1n) is 9.90. The lowest BCUT2D eigenvalue weighted by atomic mass is 9.99. The number of pyridine rings is 1. The first-order chi connectivity index (χ1) is 14.7. The van der Waals surface area contributed by atoms with Crippen LogP contribution in [0.2, 0.25) is 10.0 Å². The summed E-state index contributed by atoms with van der Waals surface area (Å²) in [4.78, 5) is 18.2. The van der Waals surface area contributed by atoms with Gasteiger partial charge in [0.2, 0.25) is 0 Å². The molecule has 0 aliphatic carbocycles. The van der Waals surface area contributed by atoms with Gasteiger partial charge in [-0.1, -0.05) is 47.0 Å². The fourth-order valence-corrected chi connectivity index (χ4v) is 4.18. The molecular weight excluding hydrogens is 429 g/mol. The summed E-state index contributed by atoms with van der Waals surface area (Å²) in [6, 6.07) is 16.6. The number of aryl methyl sites for hydroxylation is 3. The number of hydrogen-bond donors (Lipinski definition) is 0. The minimum absolute atomic E-state index is 0.433. The first-order valence-corrected chi connectivity index (χ1v) is 10.7. The van der Waals surface area contributed by atoms with E-state index in [0.717, 1.165) is 33.2 Å². The van der Waals surface area contributed by atoms with E-state index in [1.165, 1.54) is 0 Å². The highest BCUT2D eigenvalue weighted by molar-refractivity contribution is 6.36. The molecule has 3 nitrogen and oxygen atoms in total. The topological polar surface area (TPSA) is 39.2 Å². The van der Waals surface area contributed by atoms with E-state index in [-0.39, 0.29) is 0 Å². The second kappa shape index (κ2) is 8.33. The molecule has 0 unspecified atom stereocenters. The largest absolute Gasteiger partial charge is 0.423 e. The number of rotatable bonds is 3. The number of carbonyl (C=O) groups is 1. The van der Waals surface area contributed by atoms with Crippen LogP contribution in [-0.2, 0) is 0 Å². The summed E-state index contributed by atoms with van der Waals surface area (Å²) in [5.41, 5.74) is 6.49. The summed E-state index contributed by atoms with van der Waals surface area (Å²) >= 11 is 12.5. The maximum atomic E-state index is 13.3. The van der Waals surface area contributed by atoms with E-state index in [2.05, 4.69) is 0 Å². The van der Waals surface area contributed by atoms with Crippen molar-refractivity contribution in [1.29, 1.82) is 0 Å². The number of fused-ring (bicyclic) bond motifs is 1. The number of hydrogen-bond acceptors (Lipinski definition) is 3. The summed E-state index contributed by atoms with van der Waals surface area (Å²) in [6.07, 6.45) is 0. The van der Waals surface area contributed by atoms with Crippen molar-refractivity contribution in [2.24, 2.45) is 0 Å². The molecule has 5 heteroatoms. The van der Waals surface area contributed by atoms with E-state index in [0.29, 0.717) is 32.6 Å². The normalized spacial score (nSPS) is 11.0. The zero-order valence-corrected chi connectivity index (χ0v) is 19.2. The van der Waals surface area contributed by atoms with E-state index >= 15 is 0 Å². The molecule has 0 aliphatic heterocycles. The van der Waals surface area contributed by atoms with Gasteiger partial charge in [-0.05, 0) is 80.8 Å². The lowest BCUT2D eigenvalue weighted by Crippen LogP contribution is -2.11. The third-order valence-electron chi connectivity index (χ3n) is 5.43. The Morgan fingerprint density at radius 1 is 0.903 bits per heavy atom. The van der Waals surface area contributed by atoms with Gasteiger partial charge in [0, 0.05) is 16.0 Å². The van der Waals surface area contributed by atoms with Gasteiger partial charge in [0.1, 0.15) is 5.75 Å². The van der Waals surface area contributed by atoms with Crippen LogP contribution >= 0.6 is 23.2 Å². The molecule has 0 fully saturated rings. The Labute approximate surface area is 191 Å². The molecule has 3 aromatic carbocycles. The molecule has 0 saturated heterocycles. The smallest absolute Gasteiger partial charge is 0.344 e. The number of aromatic nitrogens is 1. The molecule has 4 rings (SSSR count). The Morgan fingerprint density at radius 3 is 2.42 bits per heavy atom. The predicted octanol–water partition coefficient (Wildman–Crippen LogP) is 7.66. The summed E-state index contributed by atoms with van der Waals surface area (Å²) in [5.74, 6) is 0.114. The lowest BCUT2D eigenvalue weighted by Gasteiger charge is -2.14. The molecule has 0 N–H and O–H groups in total. The highest BCUT2D eigenvalue weighted by Crippen LogP contribution is 2.33. The van der Waals surface area contributed by atoms with Gasteiger partial charge in [0.15, 0.2) is 0 Å².